The second-order valence-corrected chi connectivity index (χ2v) is 11.3. The number of ether oxygens (including phenoxy) is 1. The molecule has 1 amide bonds. The van der Waals surface area contributed by atoms with Gasteiger partial charge in [-0.2, -0.15) is 0 Å². The van der Waals surface area contributed by atoms with Crippen LogP contribution >= 0.6 is 47.0 Å². The minimum Gasteiger partial charge on any atom is -0.497 e. The highest BCUT2D eigenvalue weighted by molar-refractivity contribution is 7.80. The number of thiocarbonyl (C=S) groups is 1. The van der Waals surface area contributed by atoms with Gasteiger partial charge in [-0.05, 0) is 42.9 Å². The fraction of sp³-hybridized carbons (Fsp3) is 0.680. The van der Waals surface area contributed by atoms with E-state index >= 15 is 0 Å². The number of alkyl halides is 3. The Bertz CT molecular complexity index is 700. The molecular weight excluding hydrogens is 513 g/mol. The van der Waals surface area contributed by atoms with Gasteiger partial charge < -0.3 is 20.7 Å². The van der Waals surface area contributed by atoms with E-state index in [1.807, 2.05) is 12.1 Å². The monoisotopic (exact) mass is 551 g/mol. The Kier molecular flexibility index (Phi) is 16.8. The Morgan fingerprint density at radius 3 is 1.85 bits per heavy atom. The summed E-state index contributed by atoms with van der Waals surface area (Å²) in [5.41, 5.74) is 0.740. The number of carbonyl (C=O) groups excluding carboxylic acids is 1. The maximum absolute atomic E-state index is 12.4. The summed E-state index contributed by atoms with van der Waals surface area (Å²) < 4.78 is 3.37. The first-order valence-electron chi connectivity index (χ1n) is 12.3. The second-order valence-electron chi connectivity index (χ2n) is 8.51. The van der Waals surface area contributed by atoms with E-state index in [0.29, 0.717) is 6.42 Å². The zero-order valence-electron chi connectivity index (χ0n) is 20.4. The van der Waals surface area contributed by atoms with Crippen LogP contribution in [0, 0.1) is 0 Å². The molecule has 0 spiro atoms. The molecule has 0 aromatic heterocycles. The van der Waals surface area contributed by atoms with E-state index in [1.54, 1.807) is 19.2 Å². The number of unbranched alkanes of at least 4 members (excludes halogenated alkanes) is 11. The number of hydrogen-bond acceptors (Lipinski definition) is 3. The molecule has 5 nitrogen and oxygen atoms in total. The third-order valence-electron chi connectivity index (χ3n) is 5.51. The van der Waals surface area contributed by atoms with Gasteiger partial charge in [0.05, 0.1) is 7.11 Å². The molecule has 0 aliphatic heterocycles. The molecule has 1 atom stereocenters. The standard InChI is InChI=1S/C25H40Cl3N3O2S/c1-3-4-5-6-7-8-9-10-11-12-13-14-15-22(32)30-23(25(26,27)28)31-24(34)29-20-16-18-21(33-2)19-17-20/h16-19,23H,3-15H2,1-2H3,(H,30,32)(H2,29,31,34)/t23-/m1/s1. The van der Waals surface area contributed by atoms with Crippen LogP contribution in [-0.4, -0.2) is 28.1 Å². The lowest BCUT2D eigenvalue weighted by Gasteiger charge is -2.27. The smallest absolute Gasteiger partial charge is 0.228 e. The number of halogens is 3. The molecule has 0 heterocycles. The maximum Gasteiger partial charge on any atom is 0.228 e. The van der Waals surface area contributed by atoms with Crippen molar-refractivity contribution in [3.8, 4) is 5.75 Å². The Hall–Kier alpha value is -0.950. The van der Waals surface area contributed by atoms with E-state index in [9.17, 15) is 4.79 Å². The van der Waals surface area contributed by atoms with Crippen molar-refractivity contribution >= 4 is 63.7 Å². The molecule has 0 aliphatic carbocycles. The summed E-state index contributed by atoms with van der Waals surface area (Å²) in [6.45, 7) is 2.25. The molecule has 194 valence electrons. The molecule has 3 N–H and O–H groups in total. The third kappa shape index (κ3) is 15.1. The Labute approximate surface area is 226 Å². The predicted molar refractivity (Wildman–Crippen MR) is 150 cm³/mol. The molecule has 1 aromatic rings. The zero-order chi connectivity index (χ0) is 25.2. The average Bonchev–Trinajstić information content (AvgIpc) is 2.79. The molecule has 0 unspecified atom stereocenters. The van der Waals surface area contributed by atoms with E-state index in [0.717, 1.165) is 30.7 Å². The first-order valence-corrected chi connectivity index (χ1v) is 13.9. The van der Waals surface area contributed by atoms with Crippen LogP contribution in [0.1, 0.15) is 90.4 Å². The van der Waals surface area contributed by atoms with Gasteiger partial charge in [0, 0.05) is 12.1 Å². The van der Waals surface area contributed by atoms with Gasteiger partial charge >= 0.3 is 0 Å². The third-order valence-corrected chi connectivity index (χ3v) is 6.39. The van der Waals surface area contributed by atoms with E-state index in [-0.39, 0.29) is 11.0 Å². The molecule has 1 rings (SSSR count). The van der Waals surface area contributed by atoms with Crippen molar-refractivity contribution in [3.05, 3.63) is 24.3 Å². The fourth-order valence-electron chi connectivity index (χ4n) is 3.53. The average molecular weight is 553 g/mol. The molecular formula is C25H40Cl3N3O2S. The maximum atomic E-state index is 12.4. The van der Waals surface area contributed by atoms with Crippen molar-refractivity contribution in [3.63, 3.8) is 0 Å². The van der Waals surface area contributed by atoms with Crippen LogP contribution < -0.4 is 20.7 Å². The van der Waals surface area contributed by atoms with Gasteiger partial charge in [-0.15, -0.1) is 0 Å². The van der Waals surface area contributed by atoms with Gasteiger partial charge in [0.25, 0.3) is 0 Å². The van der Waals surface area contributed by atoms with Gasteiger partial charge in [0.2, 0.25) is 9.70 Å². The van der Waals surface area contributed by atoms with E-state index in [1.165, 1.54) is 57.8 Å². The highest BCUT2D eigenvalue weighted by atomic mass is 35.6. The molecule has 9 heteroatoms. The summed E-state index contributed by atoms with van der Waals surface area (Å²) >= 11 is 23.5. The minimum absolute atomic E-state index is 0.178. The van der Waals surface area contributed by atoms with E-state index in [4.69, 9.17) is 51.8 Å². The minimum atomic E-state index is -1.77. The lowest BCUT2D eigenvalue weighted by atomic mass is 10.0. The number of hydrogen-bond donors (Lipinski definition) is 3. The Morgan fingerprint density at radius 1 is 0.882 bits per heavy atom. The van der Waals surface area contributed by atoms with E-state index in [2.05, 4.69) is 22.9 Å². The Morgan fingerprint density at radius 2 is 1.38 bits per heavy atom. The van der Waals surface area contributed by atoms with Crippen LogP contribution in [0.4, 0.5) is 5.69 Å². The van der Waals surface area contributed by atoms with Crippen LogP contribution in [0.5, 0.6) is 5.75 Å². The topological polar surface area (TPSA) is 62.4 Å². The van der Waals surface area contributed by atoms with Gasteiger partial charge in [-0.3, -0.25) is 4.79 Å². The molecule has 0 saturated carbocycles. The molecule has 0 bridgehead atoms. The molecule has 0 fully saturated rings. The first kappa shape index (κ1) is 31.1. The summed E-state index contributed by atoms with van der Waals surface area (Å²) in [5, 5.41) is 8.84. The quantitative estimate of drug-likeness (QED) is 0.0794. The molecule has 1 aromatic carbocycles. The van der Waals surface area contributed by atoms with Crippen LogP contribution in [0.15, 0.2) is 24.3 Å². The Balaban J connectivity index is 2.24. The number of nitrogens with one attached hydrogen (secondary N) is 3. The summed E-state index contributed by atoms with van der Waals surface area (Å²) in [6.07, 6.45) is 14.3. The lowest BCUT2D eigenvalue weighted by molar-refractivity contribution is -0.122. The van der Waals surface area contributed by atoms with Crippen molar-refractivity contribution < 1.29 is 9.53 Å². The van der Waals surface area contributed by atoms with Crippen LogP contribution in [0.3, 0.4) is 0 Å². The van der Waals surface area contributed by atoms with Crippen molar-refractivity contribution in [2.24, 2.45) is 0 Å². The number of methoxy groups -OCH3 is 1. The van der Waals surface area contributed by atoms with Gasteiger partial charge in [0.15, 0.2) is 5.11 Å². The predicted octanol–water partition coefficient (Wildman–Crippen LogP) is 7.89. The second kappa shape index (κ2) is 18.3. The fourth-order valence-corrected chi connectivity index (χ4v) is 4.10. The van der Waals surface area contributed by atoms with Gasteiger partial charge in [0.1, 0.15) is 11.9 Å². The number of rotatable bonds is 17. The zero-order valence-corrected chi connectivity index (χ0v) is 23.5. The van der Waals surface area contributed by atoms with Crippen LogP contribution in [0.2, 0.25) is 0 Å². The normalized spacial score (nSPS) is 12.1. The summed E-state index contributed by atoms with van der Waals surface area (Å²) in [4.78, 5) is 12.4. The highest BCUT2D eigenvalue weighted by Gasteiger charge is 2.34. The van der Waals surface area contributed by atoms with Crippen molar-refractivity contribution in [1.82, 2.24) is 10.6 Å². The molecule has 0 radical (unpaired) electrons. The summed E-state index contributed by atoms with van der Waals surface area (Å²) in [6, 6.07) is 7.22. The summed E-state index contributed by atoms with van der Waals surface area (Å²) in [7, 11) is 1.60. The van der Waals surface area contributed by atoms with Crippen molar-refractivity contribution in [2.45, 2.75) is 100 Å². The largest absolute Gasteiger partial charge is 0.497 e. The SMILES string of the molecule is CCCCCCCCCCCCCCC(=O)N[C@H](NC(=S)Nc1ccc(OC)cc1)C(Cl)(Cl)Cl. The first-order chi connectivity index (χ1) is 16.3. The van der Waals surface area contributed by atoms with Crippen LogP contribution in [0.25, 0.3) is 0 Å². The van der Waals surface area contributed by atoms with Gasteiger partial charge in [-0.1, -0.05) is 112 Å². The summed E-state index contributed by atoms with van der Waals surface area (Å²) in [5.74, 6) is 0.553. The molecule has 0 aliphatic rings. The highest BCUT2D eigenvalue weighted by Crippen LogP contribution is 2.29. The number of carbonyl (C=O) groups is 1. The molecule has 0 saturated heterocycles. The lowest BCUT2D eigenvalue weighted by Crippen LogP contribution is -2.56. The van der Waals surface area contributed by atoms with Crippen LogP contribution in [-0.2, 0) is 4.79 Å². The van der Waals surface area contributed by atoms with Gasteiger partial charge in [-0.25, -0.2) is 0 Å². The van der Waals surface area contributed by atoms with Crippen molar-refractivity contribution in [1.29, 1.82) is 0 Å². The number of amides is 1. The number of anilines is 1. The van der Waals surface area contributed by atoms with Crippen molar-refractivity contribution in [2.75, 3.05) is 12.4 Å². The number of benzene rings is 1. The van der Waals surface area contributed by atoms with E-state index < -0.39 is 9.96 Å². The molecule has 34 heavy (non-hydrogen) atoms.